The van der Waals surface area contributed by atoms with E-state index in [0.29, 0.717) is 31.1 Å². The van der Waals surface area contributed by atoms with E-state index in [9.17, 15) is 13.2 Å². The van der Waals surface area contributed by atoms with Gasteiger partial charge in [0.2, 0.25) is 10.0 Å². The van der Waals surface area contributed by atoms with Crippen LogP contribution in [0.15, 0.2) is 29.0 Å². The number of amides is 1. The fourth-order valence-corrected chi connectivity index (χ4v) is 4.69. The third kappa shape index (κ3) is 3.62. The number of aromatic nitrogens is 2. The van der Waals surface area contributed by atoms with E-state index in [-0.39, 0.29) is 23.9 Å². The van der Waals surface area contributed by atoms with Gasteiger partial charge in [-0.3, -0.25) is 4.79 Å². The summed E-state index contributed by atoms with van der Waals surface area (Å²) >= 11 is 0. The maximum Gasteiger partial charge on any atom is 0.271 e. The van der Waals surface area contributed by atoms with Crippen molar-refractivity contribution in [1.82, 2.24) is 19.2 Å². The smallest absolute Gasteiger partial charge is 0.271 e. The molecule has 9 heteroatoms. The first-order valence-electron chi connectivity index (χ1n) is 8.29. The maximum absolute atomic E-state index is 12.4. The van der Waals surface area contributed by atoms with E-state index in [1.54, 1.807) is 31.5 Å². The van der Waals surface area contributed by atoms with Crippen molar-refractivity contribution < 1.29 is 17.6 Å². The second kappa shape index (κ2) is 7.01. The fourth-order valence-electron chi connectivity index (χ4n) is 3.01. The summed E-state index contributed by atoms with van der Waals surface area (Å²) < 4.78 is 33.3. The number of sulfonamides is 1. The van der Waals surface area contributed by atoms with E-state index < -0.39 is 16.1 Å². The largest absolute Gasteiger partial charge is 0.467 e. The lowest BCUT2D eigenvalue weighted by molar-refractivity contribution is 0.0943. The first-order chi connectivity index (χ1) is 11.9. The highest BCUT2D eigenvalue weighted by molar-refractivity contribution is 7.89. The van der Waals surface area contributed by atoms with E-state index in [1.807, 2.05) is 11.5 Å². The monoisotopic (exact) mass is 366 g/mol. The van der Waals surface area contributed by atoms with Gasteiger partial charge in [0.05, 0.1) is 24.6 Å². The average Bonchev–Trinajstić information content (AvgIpc) is 3.22. The molecule has 0 bridgehead atoms. The molecule has 1 amide bonds. The number of fused-ring (bicyclic) bond motifs is 1. The number of nitrogens with zero attached hydrogens (tertiary/aromatic N) is 3. The van der Waals surface area contributed by atoms with Crippen LogP contribution >= 0.6 is 0 Å². The van der Waals surface area contributed by atoms with Gasteiger partial charge in [-0.1, -0.05) is 6.92 Å². The Bertz CT molecular complexity index is 842. The zero-order valence-corrected chi connectivity index (χ0v) is 15.1. The molecular formula is C16H22N4O4S. The summed E-state index contributed by atoms with van der Waals surface area (Å²) in [6.07, 6.45) is 3.79. The number of carbonyl (C=O) groups excluding carboxylic acids is 1. The van der Waals surface area contributed by atoms with Crippen molar-refractivity contribution in [2.75, 3.05) is 12.3 Å². The highest BCUT2D eigenvalue weighted by Crippen LogP contribution is 2.27. The summed E-state index contributed by atoms with van der Waals surface area (Å²) in [6, 6.07) is 3.14. The van der Waals surface area contributed by atoms with Crippen LogP contribution in [0.25, 0.3) is 0 Å². The third-order valence-electron chi connectivity index (χ3n) is 4.23. The first-order valence-corrected chi connectivity index (χ1v) is 9.90. The lowest BCUT2D eigenvalue weighted by Gasteiger charge is -2.32. The van der Waals surface area contributed by atoms with Gasteiger partial charge < -0.3 is 14.3 Å². The average molecular weight is 366 g/mol. The van der Waals surface area contributed by atoms with Crippen molar-refractivity contribution in [2.45, 2.75) is 39.4 Å². The highest BCUT2D eigenvalue weighted by Gasteiger charge is 2.34. The van der Waals surface area contributed by atoms with E-state index in [0.717, 1.165) is 0 Å². The Balaban J connectivity index is 1.74. The molecule has 0 aliphatic carbocycles. The molecular weight excluding hydrogens is 344 g/mol. The van der Waals surface area contributed by atoms with Crippen molar-refractivity contribution in [2.24, 2.45) is 0 Å². The third-order valence-corrected chi connectivity index (χ3v) is 6.37. The van der Waals surface area contributed by atoms with Gasteiger partial charge in [0.15, 0.2) is 0 Å². The number of rotatable bonds is 6. The van der Waals surface area contributed by atoms with Crippen LogP contribution in [-0.4, -0.2) is 40.5 Å². The normalized spacial score (nSPS) is 18.1. The quantitative estimate of drug-likeness (QED) is 0.836. The molecule has 136 valence electrons. The van der Waals surface area contributed by atoms with Gasteiger partial charge in [-0.15, -0.1) is 0 Å². The number of nitrogens with one attached hydrogen (secondary N) is 1. The van der Waals surface area contributed by atoms with Gasteiger partial charge in [-0.2, -0.15) is 4.31 Å². The molecule has 0 saturated heterocycles. The number of hydrogen-bond donors (Lipinski definition) is 1. The molecule has 1 aliphatic rings. The van der Waals surface area contributed by atoms with Crippen LogP contribution in [0, 0.1) is 0 Å². The molecule has 1 atom stereocenters. The second-order valence-corrected chi connectivity index (χ2v) is 8.08. The van der Waals surface area contributed by atoms with Crippen LogP contribution in [0.4, 0.5) is 0 Å². The molecule has 1 unspecified atom stereocenters. The topological polar surface area (TPSA) is 97.4 Å². The second-order valence-electron chi connectivity index (χ2n) is 6.04. The Morgan fingerprint density at radius 2 is 2.24 bits per heavy atom. The van der Waals surface area contributed by atoms with Crippen molar-refractivity contribution in [3.05, 3.63) is 41.9 Å². The van der Waals surface area contributed by atoms with Crippen LogP contribution in [0.3, 0.4) is 0 Å². The van der Waals surface area contributed by atoms with Crippen LogP contribution in [0.5, 0.6) is 0 Å². The molecule has 0 aromatic carbocycles. The predicted octanol–water partition coefficient (Wildman–Crippen LogP) is 1.52. The summed E-state index contributed by atoms with van der Waals surface area (Å²) in [5.41, 5.74) is 0.281. The van der Waals surface area contributed by atoms with Crippen LogP contribution in [0.2, 0.25) is 0 Å². The molecule has 25 heavy (non-hydrogen) atoms. The number of furan rings is 1. The summed E-state index contributed by atoms with van der Waals surface area (Å²) in [5, 5.41) is 2.75. The predicted molar refractivity (Wildman–Crippen MR) is 91.3 cm³/mol. The van der Waals surface area contributed by atoms with E-state index in [4.69, 9.17) is 4.42 Å². The maximum atomic E-state index is 12.4. The Labute approximate surface area is 146 Å². The van der Waals surface area contributed by atoms with E-state index in [1.165, 1.54) is 4.31 Å². The molecule has 0 spiro atoms. The summed E-state index contributed by atoms with van der Waals surface area (Å²) in [4.78, 5) is 16.7. The molecule has 8 nitrogen and oxygen atoms in total. The molecule has 3 rings (SSSR count). The molecule has 1 aliphatic heterocycles. The SMILES string of the molecule is CCCS(=O)(=O)N1CCn2cc(C(=O)NCc3ccco3)nc2C1C. The number of carbonyl (C=O) groups is 1. The van der Waals surface area contributed by atoms with Crippen LogP contribution in [-0.2, 0) is 23.1 Å². The van der Waals surface area contributed by atoms with Crippen molar-refractivity contribution in [1.29, 1.82) is 0 Å². The van der Waals surface area contributed by atoms with E-state index in [2.05, 4.69) is 10.3 Å². The summed E-state index contributed by atoms with van der Waals surface area (Å²) in [6.45, 7) is 4.80. The van der Waals surface area contributed by atoms with Crippen molar-refractivity contribution >= 4 is 15.9 Å². The molecule has 0 saturated carbocycles. The Kier molecular flexibility index (Phi) is 4.96. The molecule has 2 aromatic heterocycles. The number of imidazole rings is 1. The number of hydrogen-bond acceptors (Lipinski definition) is 5. The van der Waals surface area contributed by atoms with Gasteiger partial charge in [-0.25, -0.2) is 13.4 Å². The summed E-state index contributed by atoms with van der Waals surface area (Å²) in [5.74, 6) is 1.05. The van der Waals surface area contributed by atoms with Gasteiger partial charge in [0.25, 0.3) is 5.91 Å². The highest BCUT2D eigenvalue weighted by atomic mass is 32.2. The van der Waals surface area contributed by atoms with Gasteiger partial charge in [0.1, 0.15) is 17.3 Å². The van der Waals surface area contributed by atoms with Gasteiger partial charge >= 0.3 is 0 Å². The minimum atomic E-state index is -3.31. The molecule has 0 fully saturated rings. The van der Waals surface area contributed by atoms with Crippen LogP contribution < -0.4 is 5.32 Å². The molecule has 2 aromatic rings. The molecule has 0 radical (unpaired) electrons. The van der Waals surface area contributed by atoms with E-state index >= 15 is 0 Å². The Morgan fingerprint density at radius 1 is 1.44 bits per heavy atom. The van der Waals surface area contributed by atoms with Crippen LogP contribution in [0.1, 0.15) is 48.4 Å². The van der Waals surface area contributed by atoms with Gasteiger partial charge in [0, 0.05) is 19.3 Å². The van der Waals surface area contributed by atoms with Crippen molar-refractivity contribution in [3.63, 3.8) is 0 Å². The lowest BCUT2D eigenvalue weighted by Crippen LogP contribution is -2.42. The summed E-state index contributed by atoms with van der Waals surface area (Å²) in [7, 11) is -3.31. The lowest BCUT2D eigenvalue weighted by atomic mass is 10.2. The molecule has 1 N–H and O–H groups in total. The standard InChI is InChI=1S/C16H22N4O4S/c1-3-9-25(22,23)20-7-6-19-11-14(18-15(19)12(20)2)16(21)17-10-13-5-4-8-24-13/h4-5,8,11-12H,3,6-7,9-10H2,1-2H3,(H,17,21). The minimum absolute atomic E-state index is 0.120. The minimum Gasteiger partial charge on any atom is -0.467 e. The van der Waals surface area contributed by atoms with Gasteiger partial charge in [-0.05, 0) is 25.5 Å². The fraction of sp³-hybridized carbons (Fsp3) is 0.500. The zero-order chi connectivity index (χ0) is 18.0. The Morgan fingerprint density at radius 3 is 2.92 bits per heavy atom. The first kappa shape index (κ1) is 17.7. The Hall–Kier alpha value is -2.13. The van der Waals surface area contributed by atoms with Crippen molar-refractivity contribution in [3.8, 4) is 0 Å². The zero-order valence-electron chi connectivity index (χ0n) is 14.3. The molecule has 3 heterocycles.